The molecule has 0 unspecified atom stereocenters. The normalized spacial score (nSPS) is 11.3. The molecule has 0 fully saturated rings. The molecule has 3 aromatic rings. The van der Waals surface area contributed by atoms with Crippen LogP contribution >= 0.6 is 15.9 Å². The van der Waals surface area contributed by atoms with Crippen molar-refractivity contribution in [2.75, 3.05) is 6.26 Å². The second kappa shape index (κ2) is 7.09. The van der Waals surface area contributed by atoms with Crippen molar-refractivity contribution in [2.45, 2.75) is 11.8 Å². The number of rotatable bonds is 4. The van der Waals surface area contributed by atoms with Gasteiger partial charge in [-0.15, -0.1) is 0 Å². The average Bonchev–Trinajstić information content (AvgIpc) is 2.56. The molecule has 0 saturated heterocycles. The van der Waals surface area contributed by atoms with E-state index in [0.717, 1.165) is 10.7 Å². The van der Waals surface area contributed by atoms with Crippen LogP contribution in [0.1, 0.15) is 5.76 Å². The van der Waals surface area contributed by atoms with Gasteiger partial charge >= 0.3 is 0 Å². The Morgan fingerprint density at radius 2 is 1.73 bits per heavy atom. The largest absolute Gasteiger partial charge is 0.457 e. The van der Waals surface area contributed by atoms with Gasteiger partial charge in [0.25, 0.3) is 0 Å². The van der Waals surface area contributed by atoms with Crippen LogP contribution in [0.3, 0.4) is 0 Å². The molecule has 0 aliphatic rings. The van der Waals surface area contributed by atoms with Crippen LogP contribution in [0.15, 0.2) is 73.2 Å². The molecule has 1 heterocycles. The Balaban J connectivity index is 2.11. The Bertz CT molecular complexity index is 1120. The molecule has 0 aliphatic heterocycles. The molecular weight excluding hydrogens is 420 g/mol. The molecule has 1 aromatic heterocycles. The Morgan fingerprint density at radius 3 is 2.35 bits per heavy atom. The van der Waals surface area contributed by atoms with Crippen molar-refractivity contribution < 1.29 is 17.6 Å². The number of hydrogen-bond donors (Lipinski definition) is 0. The lowest BCUT2D eigenvalue weighted by Gasteiger charge is -2.11. The maximum absolute atomic E-state index is 12.5. The standard InChI is InChI=1S/C19H15BrO5S/c1-12-10-17(21)19(25-15-5-3-4-14(20)11-15)18(24-12)13-6-8-16(9-7-13)26(2,22)23/h3-11H,1-2H3. The number of sulfone groups is 1. The number of benzene rings is 2. The van der Waals surface area contributed by atoms with Crippen molar-refractivity contribution in [3.63, 3.8) is 0 Å². The smallest absolute Gasteiger partial charge is 0.228 e. The van der Waals surface area contributed by atoms with Crippen LogP contribution in [0.2, 0.25) is 0 Å². The van der Waals surface area contributed by atoms with Crippen LogP contribution in [-0.2, 0) is 9.84 Å². The number of ether oxygens (including phenoxy) is 1. The zero-order chi connectivity index (χ0) is 18.9. The van der Waals surface area contributed by atoms with Gasteiger partial charge in [0.1, 0.15) is 11.5 Å². The Hall–Kier alpha value is -2.38. The van der Waals surface area contributed by atoms with E-state index >= 15 is 0 Å². The Labute approximate surface area is 159 Å². The molecule has 0 aliphatic carbocycles. The van der Waals surface area contributed by atoms with Crippen LogP contribution in [0.25, 0.3) is 11.3 Å². The maximum atomic E-state index is 12.5. The fourth-order valence-electron chi connectivity index (χ4n) is 2.39. The van der Waals surface area contributed by atoms with Gasteiger partial charge in [0, 0.05) is 22.4 Å². The highest BCUT2D eigenvalue weighted by atomic mass is 79.9. The van der Waals surface area contributed by atoms with E-state index in [1.54, 1.807) is 37.3 Å². The van der Waals surface area contributed by atoms with E-state index in [2.05, 4.69) is 15.9 Å². The molecular formula is C19H15BrO5S. The molecule has 0 spiro atoms. The van der Waals surface area contributed by atoms with Crippen molar-refractivity contribution in [1.82, 2.24) is 0 Å². The van der Waals surface area contributed by atoms with Gasteiger partial charge < -0.3 is 9.15 Å². The summed E-state index contributed by atoms with van der Waals surface area (Å²) in [5.41, 5.74) is 0.221. The van der Waals surface area contributed by atoms with E-state index in [1.807, 2.05) is 6.07 Å². The van der Waals surface area contributed by atoms with Gasteiger partial charge in [-0.1, -0.05) is 22.0 Å². The van der Waals surface area contributed by atoms with Gasteiger partial charge in [-0.25, -0.2) is 8.42 Å². The molecule has 0 amide bonds. The first-order chi connectivity index (χ1) is 12.2. The van der Waals surface area contributed by atoms with E-state index in [-0.39, 0.29) is 21.8 Å². The minimum Gasteiger partial charge on any atom is -0.457 e. The van der Waals surface area contributed by atoms with Gasteiger partial charge in [-0.3, -0.25) is 4.79 Å². The summed E-state index contributed by atoms with van der Waals surface area (Å²) < 4.78 is 35.6. The zero-order valence-electron chi connectivity index (χ0n) is 14.0. The lowest BCUT2D eigenvalue weighted by molar-refractivity contribution is 0.438. The monoisotopic (exact) mass is 434 g/mol. The first kappa shape index (κ1) is 18.4. The first-order valence-corrected chi connectivity index (χ1v) is 10.3. The first-order valence-electron chi connectivity index (χ1n) is 7.63. The SMILES string of the molecule is Cc1cc(=O)c(Oc2cccc(Br)c2)c(-c2ccc(S(C)(=O)=O)cc2)o1. The molecule has 7 heteroatoms. The van der Waals surface area contributed by atoms with Gasteiger partial charge in [0.15, 0.2) is 15.6 Å². The lowest BCUT2D eigenvalue weighted by Crippen LogP contribution is -2.06. The molecule has 2 aromatic carbocycles. The third kappa shape index (κ3) is 4.05. The minimum atomic E-state index is -3.31. The summed E-state index contributed by atoms with van der Waals surface area (Å²) in [6, 6.07) is 14.5. The fraction of sp³-hybridized carbons (Fsp3) is 0.105. The average molecular weight is 435 g/mol. The van der Waals surface area contributed by atoms with Gasteiger partial charge in [-0.2, -0.15) is 0 Å². The van der Waals surface area contributed by atoms with Crippen LogP contribution < -0.4 is 10.2 Å². The predicted molar refractivity (Wildman–Crippen MR) is 102 cm³/mol. The van der Waals surface area contributed by atoms with Crippen LogP contribution in [0, 0.1) is 6.92 Å². The summed E-state index contributed by atoms with van der Waals surface area (Å²) in [5.74, 6) is 1.19. The fourth-order valence-corrected chi connectivity index (χ4v) is 3.40. The molecule has 134 valence electrons. The molecule has 0 N–H and O–H groups in total. The summed E-state index contributed by atoms with van der Waals surface area (Å²) in [6.07, 6.45) is 1.14. The highest BCUT2D eigenvalue weighted by Gasteiger charge is 2.17. The van der Waals surface area contributed by atoms with Crippen LogP contribution in [0.4, 0.5) is 0 Å². The van der Waals surface area contributed by atoms with E-state index in [0.29, 0.717) is 17.1 Å². The molecule has 0 saturated carbocycles. The van der Waals surface area contributed by atoms with Crippen LogP contribution in [-0.4, -0.2) is 14.7 Å². The third-order valence-corrected chi connectivity index (χ3v) is 5.21. The van der Waals surface area contributed by atoms with Gasteiger partial charge in [-0.05, 0) is 49.4 Å². The minimum absolute atomic E-state index is 0.0424. The topological polar surface area (TPSA) is 73.6 Å². The Kier molecular flexibility index (Phi) is 5.02. The zero-order valence-corrected chi connectivity index (χ0v) is 16.4. The van der Waals surface area contributed by atoms with Gasteiger partial charge in [0.2, 0.25) is 11.2 Å². The van der Waals surface area contributed by atoms with Crippen molar-refractivity contribution in [1.29, 1.82) is 0 Å². The van der Waals surface area contributed by atoms with Gasteiger partial charge in [0.05, 0.1) is 4.90 Å². The highest BCUT2D eigenvalue weighted by Crippen LogP contribution is 2.32. The van der Waals surface area contributed by atoms with E-state index in [1.165, 1.54) is 18.2 Å². The molecule has 0 bridgehead atoms. The number of hydrogen-bond acceptors (Lipinski definition) is 5. The summed E-state index contributed by atoms with van der Waals surface area (Å²) >= 11 is 3.36. The van der Waals surface area contributed by atoms with Crippen molar-refractivity contribution in [3.8, 4) is 22.8 Å². The second-order valence-corrected chi connectivity index (χ2v) is 8.67. The van der Waals surface area contributed by atoms with Crippen molar-refractivity contribution in [3.05, 3.63) is 75.1 Å². The Morgan fingerprint density at radius 1 is 1.04 bits per heavy atom. The number of aryl methyl sites for hydroxylation is 1. The lowest BCUT2D eigenvalue weighted by atomic mass is 10.1. The number of halogens is 1. The molecule has 0 radical (unpaired) electrons. The molecule has 3 rings (SSSR count). The molecule has 26 heavy (non-hydrogen) atoms. The second-order valence-electron chi connectivity index (χ2n) is 5.74. The predicted octanol–water partition coefficient (Wildman–Crippen LogP) is 4.57. The summed E-state index contributed by atoms with van der Waals surface area (Å²) in [6.45, 7) is 1.67. The van der Waals surface area contributed by atoms with Crippen LogP contribution in [0.5, 0.6) is 11.5 Å². The van der Waals surface area contributed by atoms with Crippen molar-refractivity contribution in [2.24, 2.45) is 0 Å². The molecule has 5 nitrogen and oxygen atoms in total. The summed E-state index contributed by atoms with van der Waals surface area (Å²) in [4.78, 5) is 12.6. The quantitative estimate of drug-likeness (QED) is 0.600. The third-order valence-electron chi connectivity index (χ3n) is 3.59. The summed E-state index contributed by atoms with van der Waals surface area (Å²) in [5, 5.41) is 0. The highest BCUT2D eigenvalue weighted by molar-refractivity contribution is 9.10. The van der Waals surface area contributed by atoms with E-state index < -0.39 is 9.84 Å². The van der Waals surface area contributed by atoms with E-state index in [4.69, 9.17) is 9.15 Å². The molecule has 0 atom stereocenters. The summed E-state index contributed by atoms with van der Waals surface area (Å²) in [7, 11) is -3.31. The van der Waals surface area contributed by atoms with E-state index in [9.17, 15) is 13.2 Å². The maximum Gasteiger partial charge on any atom is 0.228 e. The van der Waals surface area contributed by atoms with Crippen molar-refractivity contribution >= 4 is 25.8 Å².